The van der Waals surface area contributed by atoms with Crippen LogP contribution in [0.3, 0.4) is 0 Å². The van der Waals surface area contributed by atoms with Crippen molar-refractivity contribution in [2.45, 2.75) is 6.92 Å². The van der Waals surface area contributed by atoms with E-state index in [1.807, 2.05) is 0 Å². The van der Waals surface area contributed by atoms with Crippen molar-refractivity contribution in [1.29, 1.82) is 0 Å². The molecule has 0 heterocycles. The molecule has 1 aromatic carbocycles. The van der Waals surface area contributed by atoms with Crippen LogP contribution in [0, 0.1) is 0 Å². The Labute approximate surface area is 98.1 Å². The van der Waals surface area contributed by atoms with E-state index in [4.69, 9.17) is 9.47 Å². The van der Waals surface area contributed by atoms with E-state index in [0.717, 1.165) is 6.07 Å². The van der Waals surface area contributed by atoms with Crippen LogP contribution in [0.2, 0.25) is 0 Å². The summed E-state index contributed by atoms with van der Waals surface area (Å²) in [4.78, 5) is 0. The lowest BCUT2D eigenvalue weighted by Crippen LogP contribution is -2.35. The molecule has 0 N–H and O–H groups in total. The minimum Gasteiger partial charge on any atom is -0.497 e. The number of hydrogen-bond acceptors (Lipinski definition) is 2. The first-order valence-corrected chi connectivity index (χ1v) is 5.11. The Morgan fingerprint density at radius 3 is 2.53 bits per heavy atom. The Morgan fingerprint density at radius 1 is 1.29 bits per heavy atom. The third-order valence-corrected chi connectivity index (χ3v) is 2.14. The molecule has 0 unspecified atom stereocenters. The van der Waals surface area contributed by atoms with Crippen LogP contribution < -0.4 is 14.9 Å². The highest BCUT2D eigenvalue weighted by atomic mass is 19.4. The standard InChI is InChI=1S/C11H13BF3O2/c1-3-4-7-17-11-6-5-9(16-2)8-10(11)12(13,14)15/h3-6,8H,7H2,1-2H3/q-1/b4-3+. The fraction of sp³-hybridized carbons (Fsp3) is 0.273. The van der Waals surface area contributed by atoms with Gasteiger partial charge in [0.25, 0.3) is 0 Å². The molecule has 1 rings (SSSR count). The molecule has 0 aliphatic carbocycles. The quantitative estimate of drug-likeness (QED) is 0.586. The number of allylic oxidation sites excluding steroid dienone is 1. The predicted octanol–water partition coefficient (Wildman–Crippen LogP) is 2.70. The highest BCUT2D eigenvalue weighted by molar-refractivity contribution is 6.74. The molecule has 0 amide bonds. The van der Waals surface area contributed by atoms with E-state index in [0.29, 0.717) is 0 Å². The lowest BCUT2D eigenvalue weighted by molar-refractivity contribution is 0.360. The van der Waals surface area contributed by atoms with Crippen LogP contribution in [0.5, 0.6) is 11.5 Å². The van der Waals surface area contributed by atoms with Crippen molar-refractivity contribution >= 4 is 12.4 Å². The summed E-state index contributed by atoms with van der Waals surface area (Å²) in [6.45, 7) is -3.23. The van der Waals surface area contributed by atoms with Crippen LogP contribution in [0.25, 0.3) is 0 Å². The number of ether oxygens (including phenoxy) is 2. The number of rotatable bonds is 5. The summed E-state index contributed by atoms with van der Waals surface area (Å²) in [6, 6.07) is 3.66. The van der Waals surface area contributed by atoms with Crippen molar-refractivity contribution < 1.29 is 22.4 Å². The van der Waals surface area contributed by atoms with Crippen LogP contribution >= 0.6 is 0 Å². The molecule has 1 aromatic rings. The maximum Gasteiger partial charge on any atom is 0.513 e. The first kappa shape index (κ1) is 13.5. The molecular formula is C11H13BF3O2-. The first-order valence-electron chi connectivity index (χ1n) is 5.11. The lowest BCUT2D eigenvalue weighted by Gasteiger charge is -2.20. The third kappa shape index (κ3) is 3.73. The predicted molar refractivity (Wildman–Crippen MR) is 62.0 cm³/mol. The van der Waals surface area contributed by atoms with Crippen LogP contribution in [0.1, 0.15) is 6.92 Å². The normalized spacial score (nSPS) is 11.8. The molecule has 0 aromatic heterocycles. The Hall–Kier alpha value is -1.59. The summed E-state index contributed by atoms with van der Waals surface area (Å²) in [5.41, 5.74) is -0.770. The Bertz CT molecular complexity index is 402. The maximum absolute atomic E-state index is 12.8. The summed E-state index contributed by atoms with van der Waals surface area (Å²) < 4.78 is 48.2. The molecule has 6 heteroatoms. The van der Waals surface area contributed by atoms with Gasteiger partial charge in [-0.1, -0.05) is 17.6 Å². The van der Waals surface area contributed by atoms with E-state index in [2.05, 4.69) is 0 Å². The number of benzene rings is 1. The summed E-state index contributed by atoms with van der Waals surface area (Å²) in [6.07, 6.45) is 3.35. The summed E-state index contributed by atoms with van der Waals surface area (Å²) >= 11 is 0. The van der Waals surface area contributed by atoms with Gasteiger partial charge < -0.3 is 22.4 Å². The zero-order valence-corrected chi connectivity index (χ0v) is 9.62. The van der Waals surface area contributed by atoms with E-state index in [1.165, 1.54) is 19.2 Å². The van der Waals surface area contributed by atoms with Gasteiger partial charge in [-0.15, -0.1) is 0 Å². The second-order valence-electron chi connectivity index (χ2n) is 3.36. The molecule has 0 aliphatic rings. The number of hydrogen-bond donors (Lipinski definition) is 0. The molecule has 0 bridgehead atoms. The van der Waals surface area contributed by atoms with Crippen molar-refractivity contribution in [3.8, 4) is 11.5 Å². The molecule has 0 radical (unpaired) electrons. The van der Waals surface area contributed by atoms with Gasteiger partial charge in [-0.2, -0.15) is 0 Å². The van der Waals surface area contributed by atoms with E-state index in [9.17, 15) is 12.9 Å². The van der Waals surface area contributed by atoms with Gasteiger partial charge >= 0.3 is 6.98 Å². The molecule has 0 fully saturated rings. The average molecular weight is 245 g/mol. The fourth-order valence-corrected chi connectivity index (χ4v) is 1.27. The van der Waals surface area contributed by atoms with Gasteiger partial charge in [-0.05, 0) is 25.1 Å². The van der Waals surface area contributed by atoms with Crippen LogP contribution in [-0.2, 0) is 0 Å². The Kier molecular flexibility index (Phi) is 4.49. The SMILES string of the molecule is C/C=C/COc1ccc(OC)cc1[B-](F)(F)F. The summed E-state index contributed by atoms with van der Waals surface area (Å²) in [5, 5.41) is 0. The zero-order chi connectivity index (χ0) is 12.9. The van der Waals surface area contributed by atoms with Crippen molar-refractivity contribution in [3.63, 3.8) is 0 Å². The molecule has 0 atom stereocenters. The molecule has 2 nitrogen and oxygen atoms in total. The molecule has 0 spiro atoms. The van der Waals surface area contributed by atoms with E-state index >= 15 is 0 Å². The second kappa shape index (κ2) is 5.66. The average Bonchev–Trinajstić information content (AvgIpc) is 2.28. The van der Waals surface area contributed by atoms with Crippen molar-refractivity contribution in [2.24, 2.45) is 0 Å². The summed E-state index contributed by atoms with van der Waals surface area (Å²) in [5.74, 6) is -0.00557. The van der Waals surface area contributed by atoms with E-state index < -0.39 is 12.4 Å². The zero-order valence-electron chi connectivity index (χ0n) is 9.62. The largest absolute Gasteiger partial charge is 0.513 e. The van der Waals surface area contributed by atoms with Gasteiger partial charge in [0.1, 0.15) is 12.4 Å². The molecule has 0 saturated heterocycles. The smallest absolute Gasteiger partial charge is 0.497 e. The first-order chi connectivity index (χ1) is 7.99. The molecule has 0 saturated carbocycles. The van der Waals surface area contributed by atoms with Crippen LogP contribution in [-0.4, -0.2) is 20.7 Å². The van der Waals surface area contributed by atoms with Crippen molar-refractivity contribution in [1.82, 2.24) is 0 Å². The van der Waals surface area contributed by atoms with Crippen molar-refractivity contribution in [3.05, 3.63) is 30.4 Å². The van der Waals surface area contributed by atoms with Crippen molar-refractivity contribution in [2.75, 3.05) is 13.7 Å². The molecular weight excluding hydrogens is 232 g/mol. The Morgan fingerprint density at radius 2 is 2.00 bits per heavy atom. The minimum absolute atomic E-state index is 0.113. The van der Waals surface area contributed by atoms with E-state index in [1.54, 1.807) is 19.1 Å². The highest BCUT2D eigenvalue weighted by Crippen LogP contribution is 2.22. The Balaban J connectivity index is 3.02. The van der Waals surface area contributed by atoms with Gasteiger partial charge in [0, 0.05) is 0 Å². The van der Waals surface area contributed by atoms with Crippen LogP contribution in [0.15, 0.2) is 30.4 Å². The maximum atomic E-state index is 12.8. The van der Waals surface area contributed by atoms with Gasteiger partial charge in [0.2, 0.25) is 0 Å². The fourth-order valence-electron chi connectivity index (χ4n) is 1.27. The minimum atomic E-state index is -5.11. The van der Waals surface area contributed by atoms with Crippen LogP contribution in [0.4, 0.5) is 12.9 Å². The second-order valence-corrected chi connectivity index (χ2v) is 3.36. The van der Waals surface area contributed by atoms with Gasteiger partial charge in [-0.25, -0.2) is 0 Å². The monoisotopic (exact) mass is 245 g/mol. The third-order valence-electron chi connectivity index (χ3n) is 2.14. The highest BCUT2D eigenvalue weighted by Gasteiger charge is 2.29. The summed E-state index contributed by atoms with van der Waals surface area (Å²) in [7, 11) is 1.32. The van der Waals surface area contributed by atoms with E-state index in [-0.39, 0.29) is 18.1 Å². The van der Waals surface area contributed by atoms with Gasteiger partial charge in [0.05, 0.1) is 12.9 Å². The lowest BCUT2D eigenvalue weighted by atomic mass is 9.79. The number of methoxy groups -OCH3 is 1. The van der Waals surface area contributed by atoms with Gasteiger partial charge in [-0.3, -0.25) is 0 Å². The topological polar surface area (TPSA) is 18.5 Å². The molecule has 0 aliphatic heterocycles. The molecule has 94 valence electrons. The molecule has 17 heavy (non-hydrogen) atoms. The van der Waals surface area contributed by atoms with Gasteiger partial charge in [0.15, 0.2) is 0 Å². The number of halogens is 3.